The summed E-state index contributed by atoms with van der Waals surface area (Å²) in [6.07, 6.45) is 5.89. The van der Waals surface area contributed by atoms with Crippen LogP contribution in [-0.4, -0.2) is 21.0 Å². The van der Waals surface area contributed by atoms with Gasteiger partial charge in [0.25, 0.3) is 0 Å². The quantitative estimate of drug-likeness (QED) is 0.710. The van der Waals surface area contributed by atoms with Gasteiger partial charge in [0.15, 0.2) is 5.75 Å². The van der Waals surface area contributed by atoms with Crippen LogP contribution in [0.2, 0.25) is 0 Å². The van der Waals surface area contributed by atoms with Crippen molar-refractivity contribution in [1.82, 2.24) is 9.97 Å². The van der Waals surface area contributed by atoms with Crippen molar-refractivity contribution in [3.8, 4) is 11.5 Å². The van der Waals surface area contributed by atoms with Crippen molar-refractivity contribution in [3.05, 3.63) is 82.9 Å². The summed E-state index contributed by atoms with van der Waals surface area (Å²) in [4.78, 5) is 19.9. The van der Waals surface area contributed by atoms with Crippen LogP contribution < -0.4 is 4.74 Å². The van der Waals surface area contributed by atoms with Crippen LogP contribution in [0.15, 0.2) is 55.1 Å². The second kappa shape index (κ2) is 7.78. The van der Waals surface area contributed by atoms with Crippen LogP contribution in [0.25, 0.3) is 0 Å². The Morgan fingerprint density at radius 1 is 1.00 bits per heavy atom. The van der Waals surface area contributed by atoms with Gasteiger partial charge in [-0.25, -0.2) is 14.8 Å². The molecule has 5 heteroatoms. The van der Waals surface area contributed by atoms with E-state index >= 15 is 0 Å². The van der Waals surface area contributed by atoms with E-state index in [2.05, 4.69) is 9.97 Å². The molecule has 0 amide bonds. The van der Waals surface area contributed by atoms with Crippen LogP contribution >= 0.6 is 0 Å². The predicted molar refractivity (Wildman–Crippen MR) is 98.4 cm³/mol. The minimum atomic E-state index is -0.432. The number of aromatic nitrogens is 2. The van der Waals surface area contributed by atoms with Gasteiger partial charge in [0, 0.05) is 0 Å². The highest BCUT2D eigenvalue weighted by molar-refractivity contribution is 5.91. The molecule has 1 N–H and O–H groups in total. The lowest BCUT2D eigenvalue weighted by molar-refractivity contribution is 0.0733. The first kappa shape index (κ1) is 17.6. The van der Waals surface area contributed by atoms with E-state index < -0.39 is 5.97 Å². The molecular formula is C21H20N2O3. The van der Waals surface area contributed by atoms with Crippen LogP contribution in [0.3, 0.4) is 0 Å². The number of carbonyl (C=O) groups excluding carboxylic acids is 1. The molecule has 0 unspecified atom stereocenters. The third-order valence-electron chi connectivity index (χ3n) is 4.16. The van der Waals surface area contributed by atoms with Gasteiger partial charge in [-0.3, -0.25) is 0 Å². The molecule has 5 nitrogen and oxygen atoms in total. The topological polar surface area (TPSA) is 72.3 Å². The van der Waals surface area contributed by atoms with Gasteiger partial charge in [-0.2, -0.15) is 0 Å². The molecule has 3 aromatic rings. The fraction of sp³-hybridized carbons (Fsp3) is 0.190. The number of nitrogens with zero attached hydrogens (tertiary/aromatic N) is 2. The Kier molecular flexibility index (Phi) is 5.27. The molecule has 0 saturated carbocycles. The first-order valence-corrected chi connectivity index (χ1v) is 8.38. The minimum Gasteiger partial charge on any atom is -0.507 e. The second-order valence-corrected chi connectivity index (χ2v) is 6.24. The number of rotatable bonds is 5. The summed E-state index contributed by atoms with van der Waals surface area (Å²) >= 11 is 0. The molecule has 0 saturated heterocycles. The molecule has 0 atom stereocenters. The molecule has 2 aromatic carbocycles. The van der Waals surface area contributed by atoms with Gasteiger partial charge < -0.3 is 9.84 Å². The van der Waals surface area contributed by atoms with Crippen molar-refractivity contribution in [3.63, 3.8) is 0 Å². The number of ether oxygens (including phenoxy) is 1. The molecule has 0 fully saturated rings. The summed E-state index contributed by atoms with van der Waals surface area (Å²) in [7, 11) is 0. The number of hydrogen-bond acceptors (Lipinski definition) is 5. The van der Waals surface area contributed by atoms with Crippen LogP contribution in [0.4, 0.5) is 0 Å². The van der Waals surface area contributed by atoms with Crippen LogP contribution in [0.5, 0.6) is 11.5 Å². The standard InChI is InChI=1S/C21H20N2O3/c1-14-8-17(9-15(2)20(14)24)7-6-16-4-3-5-18(10-16)21(25)26-19-11-22-13-23-12-19/h3-5,8-13,24H,6-7H2,1-2H3. The Morgan fingerprint density at radius 2 is 1.65 bits per heavy atom. The molecule has 3 rings (SSSR count). The number of phenolic OH excluding ortho intramolecular Hbond substituents is 1. The molecule has 1 heterocycles. The first-order chi connectivity index (χ1) is 12.5. The fourth-order valence-electron chi connectivity index (χ4n) is 2.84. The smallest absolute Gasteiger partial charge is 0.343 e. The van der Waals surface area contributed by atoms with E-state index in [-0.39, 0.29) is 0 Å². The number of benzene rings is 2. The number of phenols is 1. The van der Waals surface area contributed by atoms with Crippen LogP contribution in [-0.2, 0) is 12.8 Å². The third kappa shape index (κ3) is 4.25. The molecule has 0 aliphatic rings. The summed E-state index contributed by atoms with van der Waals surface area (Å²) in [6, 6.07) is 11.4. The number of aryl methyl sites for hydroxylation is 4. The summed E-state index contributed by atoms with van der Waals surface area (Å²) < 4.78 is 5.27. The lowest BCUT2D eigenvalue weighted by Crippen LogP contribution is -2.09. The molecule has 0 bridgehead atoms. The summed E-state index contributed by atoms with van der Waals surface area (Å²) in [5.41, 5.74) is 4.45. The maximum atomic E-state index is 12.3. The number of hydrogen-bond donors (Lipinski definition) is 1. The highest BCUT2D eigenvalue weighted by Crippen LogP contribution is 2.23. The Balaban J connectivity index is 1.68. The van der Waals surface area contributed by atoms with Crippen molar-refractivity contribution in [2.75, 3.05) is 0 Å². The maximum Gasteiger partial charge on any atom is 0.343 e. The molecule has 0 aliphatic heterocycles. The second-order valence-electron chi connectivity index (χ2n) is 6.24. The minimum absolute atomic E-state index is 0.318. The SMILES string of the molecule is Cc1cc(CCc2cccc(C(=O)Oc3cncnc3)c2)cc(C)c1O. The van der Waals surface area contributed by atoms with Gasteiger partial charge in [0.2, 0.25) is 0 Å². The van der Waals surface area contributed by atoms with Crippen molar-refractivity contribution < 1.29 is 14.6 Å². The number of esters is 1. The molecule has 0 spiro atoms. The van der Waals surface area contributed by atoms with Gasteiger partial charge in [0.05, 0.1) is 18.0 Å². The molecule has 0 radical (unpaired) electrons. The van der Waals surface area contributed by atoms with Crippen LogP contribution in [0.1, 0.15) is 32.6 Å². The molecule has 132 valence electrons. The van der Waals surface area contributed by atoms with E-state index in [4.69, 9.17) is 4.74 Å². The summed E-state index contributed by atoms with van der Waals surface area (Å²) in [5.74, 6) is 0.235. The van der Waals surface area contributed by atoms with Crippen molar-refractivity contribution >= 4 is 5.97 Å². The zero-order valence-electron chi connectivity index (χ0n) is 14.8. The van der Waals surface area contributed by atoms with Crippen molar-refractivity contribution in [2.45, 2.75) is 26.7 Å². The average Bonchev–Trinajstić information content (AvgIpc) is 2.65. The van der Waals surface area contributed by atoms with E-state index in [1.807, 2.05) is 44.2 Å². The highest BCUT2D eigenvalue weighted by Gasteiger charge is 2.10. The molecule has 26 heavy (non-hydrogen) atoms. The van der Waals surface area contributed by atoms with Crippen molar-refractivity contribution in [1.29, 1.82) is 0 Å². The summed E-state index contributed by atoms with van der Waals surface area (Å²) in [5, 5.41) is 9.87. The van der Waals surface area contributed by atoms with Gasteiger partial charge in [-0.15, -0.1) is 0 Å². The fourth-order valence-corrected chi connectivity index (χ4v) is 2.84. The highest BCUT2D eigenvalue weighted by atomic mass is 16.5. The van der Waals surface area contributed by atoms with Crippen molar-refractivity contribution in [2.24, 2.45) is 0 Å². The zero-order valence-corrected chi connectivity index (χ0v) is 14.8. The predicted octanol–water partition coefficient (Wildman–Crippen LogP) is 3.80. The van der Waals surface area contributed by atoms with E-state index in [0.717, 1.165) is 35.1 Å². The molecular weight excluding hydrogens is 328 g/mol. The Morgan fingerprint density at radius 3 is 2.35 bits per heavy atom. The Labute approximate surface area is 152 Å². The lowest BCUT2D eigenvalue weighted by atomic mass is 9.99. The molecule has 0 aliphatic carbocycles. The van der Waals surface area contributed by atoms with E-state index in [9.17, 15) is 9.90 Å². The maximum absolute atomic E-state index is 12.3. The Bertz CT molecular complexity index is 901. The monoisotopic (exact) mass is 348 g/mol. The average molecular weight is 348 g/mol. The lowest BCUT2D eigenvalue weighted by Gasteiger charge is -2.09. The first-order valence-electron chi connectivity index (χ1n) is 8.38. The largest absolute Gasteiger partial charge is 0.507 e. The van der Waals surface area contributed by atoms with Crippen LogP contribution in [0, 0.1) is 13.8 Å². The number of aromatic hydroxyl groups is 1. The molecule has 1 aromatic heterocycles. The zero-order chi connectivity index (χ0) is 18.5. The van der Waals surface area contributed by atoms with E-state index in [1.165, 1.54) is 18.7 Å². The van der Waals surface area contributed by atoms with E-state index in [0.29, 0.717) is 17.1 Å². The van der Waals surface area contributed by atoms with E-state index in [1.54, 1.807) is 6.07 Å². The van der Waals surface area contributed by atoms with Gasteiger partial charge in [-0.1, -0.05) is 24.3 Å². The Hall–Kier alpha value is -3.21. The van der Waals surface area contributed by atoms with Gasteiger partial charge in [-0.05, 0) is 61.1 Å². The third-order valence-corrected chi connectivity index (χ3v) is 4.16. The summed E-state index contributed by atoms with van der Waals surface area (Å²) in [6.45, 7) is 3.80. The van der Waals surface area contributed by atoms with Gasteiger partial charge in [0.1, 0.15) is 12.1 Å². The normalized spacial score (nSPS) is 10.5. The van der Waals surface area contributed by atoms with Gasteiger partial charge >= 0.3 is 5.97 Å². The number of carbonyl (C=O) groups is 1.